The number of halogens is 1. The highest BCUT2D eigenvalue weighted by molar-refractivity contribution is 9.10. The Kier molecular flexibility index (Phi) is 3.45. The van der Waals surface area contributed by atoms with Gasteiger partial charge in [-0.25, -0.2) is 0 Å². The number of hydrogen-bond donors (Lipinski definition) is 0. The first-order valence-electron chi connectivity index (χ1n) is 5.48. The zero-order chi connectivity index (χ0) is 11.8. The lowest BCUT2D eigenvalue weighted by Gasteiger charge is -2.21. The molecular formula is C13H15BrOS. The molecule has 1 aromatic rings. The van der Waals surface area contributed by atoms with Crippen molar-refractivity contribution in [2.24, 2.45) is 0 Å². The van der Waals surface area contributed by atoms with Crippen molar-refractivity contribution in [2.45, 2.75) is 31.4 Å². The maximum atomic E-state index is 12.5. The molecule has 0 saturated carbocycles. The molecule has 0 aromatic heterocycles. The Bertz CT molecular complexity index is 422. The number of ketones is 1. The summed E-state index contributed by atoms with van der Waals surface area (Å²) in [6, 6.07) is 5.95. The molecule has 1 aromatic carbocycles. The van der Waals surface area contributed by atoms with Crippen LogP contribution in [-0.4, -0.2) is 16.3 Å². The molecule has 0 bridgehead atoms. The van der Waals surface area contributed by atoms with Crippen LogP contribution in [0.2, 0.25) is 0 Å². The van der Waals surface area contributed by atoms with Crippen LogP contribution in [0.4, 0.5) is 0 Å². The van der Waals surface area contributed by atoms with Crippen LogP contribution in [0.3, 0.4) is 0 Å². The third kappa shape index (κ3) is 2.21. The summed E-state index contributed by atoms with van der Waals surface area (Å²) in [7, 11) is 0. The number of carbonyl (C=O) groups excluding carboxylic acids is 1. The fraction of sp³-hybridized carbons (Fsp3) is 0.462. The molecule has 3 heteroatoms. The normalized spacial score (nSPS) is 24.7. The van der Waals surface area contributed by atoms with Crippen LogP contribution in [-0.2, 0) is 0 Å². The smallest absolute Gasteiger partial charge is 0.179 e. The van der Waals surface area contributed by atoms with E-state index in [1.54, 1.807) is 11.8 Å². The third-order valence-electron chi connectivity index (χ3n) is 3.07. The summed E-state index contributed by atoms with van der Waals surface area (Å²) in [5.74, 6) is 1.37. The second-order valence-electron chi connectivity index (χ2n) is 4.50. The minimum atomic E-state index is -0.211. The van der Waals surface area contributed by atoms with Gasteiger partial charge < -0.3 is 0 Å². The Morgan fingerprint density at radius 1 is 1.50 bits per heavy atom. The van der Waals surface area contributed by atoms with E-state index in [0.717, 1.165) is 28.6 Å². The number of benzene rings is 1. The Morgan fingerprint density at radius 3 is 2.81 bits per heavy atom. The average Bonchev–Trinajstić information content (AvgIpc) is 2.66. The van der Waals surface area contributed by atoms with E-state index in [2.05, 4.69) is 22.9 Å². The molecule has 1 heterocycles. The first-order chi connectivity index (χ1) is 7.53. The van der Waals surface area contributed by atoms with Crippen LogP contribution in [0.1, 0.15) is 35.7 Å². The van der Waals surface area contributed by atoms with Gasteiger partial charge in [0.15, 0.2) is 5.78 Å². The summed E-state index contributed by atoms with van der Waals surface area (Å²) in [5.41, 5.74) is 2.00. The lowest BCUT2D eigenvalue weighted by atomic mass is 9.94. The molecular weight excluding hydrogens is 284 g/mol. The van der Waals surface area contributed by atoms with Gasteiger partial charge in [-0.1, -0.05) is 22.0 Å². The largest absolute Gasteiger partial charge is 0.293 e. The number of Topliss-reactive ketones (excluding diaryl/α,β-unsaturated/α-hetero) is 1. The highest BCUT2D eigenvalue weighted by Crippen LogP contribution is 2.41. The molecule has 2 rings (SSSR count). The highest BCUT2D eigenvalue weighted by atomic mass is 79.9. The van der Waals surface area contributed by atoms with Gasteiger partial charge in [-0.05, 0) is 50.1 Å². The molecule has 1 aliphatic rings. The summed E-state index contributed by atoms with van der Waals surface area (Å²) < 4.78 is 0.712. The Morgan fingerprint density at radius 2 is 2.25 bits per heavy atom. The van der Waals surface area contributed by atoms with E-state index in [9.17, 15) is 4.79 Å². The molecule has 0 amide bonds. The molecule has 0 N–H and O–H groups in total. The van der Waals surface area contributed by atoms with E-state index in [4.69, 9.17) is 0 Å². The van der Waals surface area contributed by atoms with Crippen LogP contribution in [0, 0.1) is 6.92 Å². The minimum absolute atomic E-state index is 0.211. The fourth-order valence-electron chi connectivity index (χ4n) is 2.05. The highest BCUT2D eigenvalue weighted by Gasteiger charge is 2.38. The maximum Gasteiger partial charge on any atom is 0.179 e. The first kappa shape index (κ1) is 12.2. The number of rotatable bonds is 2. The van der Waals surface area contributed by atoms with Gasteiger partial charge in [0.1, 0.15) is 0 Å². The van der Waals surface area contributed by atoms with E-state index in [1.165, 1.54) is 5.56 Å². The standard InChI is InChI=1S/C13H15BrOS/c1-9-4-5-10(11(14)8-9)12(15)13(2)6-3-7-16-13/h4-5,8H,3,6-7H2,1-2H3. The zero-order valence-electron chi connectivity index (χ0n) is 9.55. The molecule has 16 heavy (non-hydrogen) atoms. The average molecular weight is 299 g/mol. The van der Waals surface area contributed by atoms with Gasteiger partial charge in [0.05, 0.1) is 4.75 Å². The lowest BCUT2D eigenvalue weighted by Crippen LogP contribution is -2.29. The SMILES string of the molecule is Cc1ccc(C(=O)C2(C)CCCS2)c(Br)c1. The molecule has 86 valence electrons. The van der Waals surface area contributed by atoms with Crippen LogP contribution in [0.5, 0.6) is 0 Å². The predicted octanol–water partition coefficient (Wildman–Crippen LogP) is 4.23. The van der Waals surface area contributed by atoms with Crippen molar-refractivity contribution in [1.82, 2.24) is 0 Å². The van der Waals surface area contributed by atoms with Gasteiger partial charge in [0, 0.05) is 10.0 Å². The van der Waals surface area contributed by atoms with E-state index < -0.39 is 0 Å². The molecule has 0 aliphatic carbocycles. The number of carbonyl (C=O) groups is 1. The van der Waals surface area contributed by atoms with Crippen LogP contribution in [0.15, 0.2) is 22.7 Å². The third-order valence-corrected chi connectivity index (χ3v) is 5.24. The minimum Gasteiger partial charge on any atom is -0.293 e. The van der Waals surface area contributed by atoms with Crippen molar-refractivity contribution < 1.29 is 4.79 Å². The molecule has 1 unspecified atom stereocenters. The van der Waals surface area contributed by atoms with Crippen molar-refractivity contribution in [2.75, 3.05) is 5.75 Å². The summed E-state index contributed by atoms with van der Waals surface area (Å²) in [5, 5.41) is 0. The van der Waals surface area contributed by atoms with E-state index in [-0.39, 0.29) is 10.5 Å². The van der Waals surface area contributed by atoms with Gasteiger partial charge in [-0.3, -0.25) is 4.79 Å². The van der Waals surface area contributed by atoms with Gasteiger partial charge in [-0.15, -0.1) is 11.8 Å². The summed E-state index contributed by atoms with van der Waals surface area (Å²) >= 11 is 5.28. The molecule has 0 spiro atoms. The van der Waals surface area contributed by atoms with E-state index >= 15 is 0 Å². The number of hydrogen-bond acceptors (Lipinski definition) is 2. The fourth-order valence-corrected chi connectivity index (χ4v) is 3.99. The predicted molar refractivity (Wildman–Crippen MR) is 73.3 cm³/mol. The zero-order valence-corrected chi connectivity index (χ0v) is 12.0. The summed E-state index contributed by atoms with van der Waals surface area (Å²) in [6.07, 6.45) is 2.15. The number of thioether (sulfide) groups is 1. The van der Waals surface area contributed by atoms with Crippen LogP contribution < -0.4 is 0 Å². The van der Waals surface area contributed by atoms with Crippen molar-refractivity contribution in [1.29, 1.82) is 0 Å². The molecule has 1 atom stereocenters. The first-order valence-corrected chi connectivity index (χ1v) is 7.26. The molecule has 1 saturated heterocycles. The number of aryl methyl sites for hydroxylation is 1. The second kappa shape index (κ2) is 4.53. The quantitative estimate of drug-likeness (QED) is 0.760. The lowest BCUT2D eigenvalue weighted by molar-refractivity contribution is 0.0948. The van der Waals surface area contributed by atoms with Crippen LogP contribution in [0.25, 0.3) is 0 Å². The van der Waals surface area contributed by atoms with E-state index in [0.29, 0.717) is 0 Å². The van der Waals surface area contributed by atoms with Crippen molar-refractivity contribution in [3.63, 3.8) is 0 Å². The van der Waals surface area contributed by atoms with Crippen molar-refractivity contribution >= 4 is 33.5 Å². The Balaban J connectivity index is 2.33. The monoisotopic (exact) mass is 298 g/mol. The maximum absolute atomic E-state index is 12.5. The Hall–Kier alpha value is -0.280. The van der Waals surface area contributed by atoms with Gasteiger partial charge in [0.2, 0.25) is 0 Å². The van der Waals surface area contributed by atoms with Crippen LogP contribution >= 0.6 is 27.7 Å². The van der Waals surface area contributed by atoms with Crippen molar-refractivity contribution in [3.05, 3.63) is 33.8 Å². The topological polar surface area (TPSA) is 17.1 Å². The molecule has 1 nitrogen and oxygen atoms in total. The Labute approximate surface area is 109 Å². The molecule has 1 aliphatic heterocycles. The molecule has 1 fully saturated rings. The molecule has 0 radical (unpaired) electrons. The summed E-state index contributed by atoms with van der Waals surface area (Å²) in [4.78, 5) is 12.5. The summed E-state index contributed by atoms with van der Waals surface area (Å²) in [6.45, 7) is 4.10. The van der Waals surface area contributed by atoms with E-state index in [1.807, 2.05) is 25.1 Å². The van der Waals surface area contributed by atoms with Crippen molar-refractivity contribution in [3.8, 4) is 0 Å². The van der Waals surface area contributed by atoms with Gasteiger partial charge in [0.25, 0.3) is 0 Å². The van der Waals surface area contributed by atoms with Gasteiger partial charge in [-0.2, -0.15) is 0 Å². The van der Waals surface area contributed by atoms with Gasteiger partial charge >= 0.3 is 0 Å². The second-order valence-corrected chi connectivity index (χ2v) is 6.95.